The number of hydrogen-bond acceptors (Lipinski definition) is 5. The summed E-state index contributed by atoms with van der Waals surface area (Å²) in [5.41, 5.74) is 1.68. The molecule has 0 fully saturated rings. The van der Waals surface area contributed by atoms with Crippen LogP contribution < -0.4 is 14.4 Å². The maximum atomic E-state index is 14.0. The highest BCUT2D eigenvalue weighted by molar-refractivity contribution is 7.92. The number of amides is 2. The summed E-state index contributed by atoms with van der Waals surface area (Å²) < 4.78 is 32.1. The highest BCUT2D eigenvalue weighted by Crippen LogP contribution is 2.30. The second kappa shape index (κ2) is 13.7. The number of halogens is 2. The van der Waals surface area contributed by atoms with Gasteiger partial charge in [0, 0.05) is 19.5 Å². The van der Waals surface area contributed by atoms with Gasteiger partial charge in [-0.25, -0.2) is 8.42 Å². The van der Waals surface area contributed by atoms with Crippen molar-refractivity contribution in [1.29, 1.82) is 0 Å². The minimum Gasteiger partial charge on any atom is -0.495 e. The smallest absolute Gasteiger partial charge is 0.244 e. The first-order valence-electron chi connectivity index (χ1n) is 12.2. The van der Waals surface area contributed by atoms with Crippen molar-refractivity contribution in [2.45, 2.75) is 25.9 Å². The average Bonchev–Trinajstić information content (AvgIpc) is 2.91. The first-order chi connectivity index (χ1) is 18.5. The van der Waals surface area contributed by atoms with E-state index in [4.69, 9.17) is 27.9 Å². The lowest BCUT2D eigenvalue weighted by atomic mass is 10.0. The van der Waals surface area contributed by atoms with Crippen LogP contribution in [-0.2, 0) is 32.6 Å². The number of rotatable bonds is 12. The molecule has 1 unspecified atom stereocenters. The molecular formula is C28H31Cl2N3O5S. The van der Waals surface area contributed by atoms with Crippen molar-refractivity contribution in [3.63, 3.8) is 0 Å². The van der Waals surface area contributed by atoms with Gasteiger partial charge in [-0.3, -0.25) is 13.9 Å². The fraction of sp³-hybridized carbons (Fsp3) is 0.286. The Kier molecular flexibility index (Phi) is 10.6. The van der Waals surface area contributed by atoms with Crippen molar-refractivity contribution in [3.05, 3.63) is 94.0 Å². The molecule has 3 rings (SSSR count). The molecule has 208 valence electrons. The number of nitrogens with zero attached hydrogens (tertiary/aromatic N) is 2. The quantitative estimate of drug-likeness (QED) is 0.333. The lowest BCUT2D eigenvalue weighted by Gasteiger charge is -2.33. The summed E-state index contributed by atoms with van der Waals surface area (Å²) >= 11 is 12.3. The molecule has 0 saturated carbocycles. The van der Waals surface area contributed by atoms with E-state index in [1.54, 1.807) is 49.4 Å². The number of sulfonamides is 1. The predicted octanol–water partition coefficient (Wildman–Crippen LogP) is 4.54. The minimum atomic E-state index is -3.91. The van der Waals surface area contributed by atoms with Crippen LogP contribution >= 0.6 is 23.2 Å². The van der Waals surface area contributed by atoms with E-state index in [1.807, 2.05) is 30.3 Å². The van der Waals surface area contributed by atoms with Gasteiger partial charge in [0.1, 0.15) is 18.3 Å². The van der Waals surface area contributed by atoms with Crippen molar-refractivity contribution in [1.82, 2.24) is 10.2 Å². The number of benzene rings is 3. The number of hydrogen-bond donors (Lipinski definition) is 1. The van der Waals surface area contributed by atoms with E-state index in [0.29, 0.717) is 22.2 Å². The largest absolute Gasteiger partial charge is 0.495 e. The third kappa shape index (κ3) is 8.11. The lowest BCUT2D eigenvalue weighted by Crippen LogP contribution is -2.53. The molecule has 0 aliphatic carbocycles. The van der Waals surface area contributed by atoms with Crippen LogP contribution in [0.1, 0.15) is 18.1 Å². The molecule has 0 heterocycles. The number of anilines is 1. The average molecular weight is 593 g/mol. The van der Waals surface area contributed by atoms with E-state index >= 15 is 0 Å². The molecule has 0 spiro atoms. The highest BCUT2D eigenvalue weighted by Gasteiger charge is 2.33. The van der Waals surface area contributed by atoms with Gasteiger partial charge in [0.2, 0.25) is 21.8 Å². The topological polar surface area (TPSA) is 96.0 Å². The normalized spacial score (nSPS) is 11.9. The van der Waals surface area contributed by atoms with Crippen molar-refractivity contribution in [3.8, 4) is 5.75 Å². The second-order valence-corrected chi connectivity index (χ2v) is 11.5. The monoisotopic (exact) mass is 591 g/mol. The van der Waals surface area contributed by atoms with Crippen molar-refractivity contribution in [2.24, 2.45) is 0 Å². The van der Waals surface area contributed by atoms with E-state index in [9.17, 15) is 18.0 Å². The summed E-state index contributed by atoms with van der Waals surface area (Å²) in [6.07, 6.45) is 1.23. The van der Waals surface area contributed by atoms with Crippen molar-refractivity contribution < 1.29 is 22.7 Å². The third-order valence-electron chi connectivity index (χ3n) is 5.99. The SMILES string of the molecule is CCNC(=O)C(Cc1ccccc1)N(Cc1ccc(Cl)c(Cl)c1)C(=O)CN(c1ccccc1OC)S(C)(=O)=O. The summed E-state index contributed by atoms with van der Waals surface area (Å²) in [5.74, 6) is -0.654. The Morgan fingerprint density at radius 1 is 0.949 bits per heavy atom. The van der Waals surface area contributed by atoms with Crippen LogP contribution in [0.4, 0.5) is 5.69 Å². The molecular weight excluding hydrogens is 561 g/mol. The van der Waals surface area contributed by atoms with Crippen LogP contribution in [0.25, 0.3) is 0 Å². The maximum absolute atomic E-state index is 14.0. The molecule has 0 aliphatic heterocycles. The van der Waals surface area contributed by atoms with Crippen LogP contribution in [0, 0.1) is 0 Å². The Labute approximate surface area is 239 Å². The van der Waals surface area contributed by atoms with Gasteiger partial charge in [0.05, 0.1) is 29.1 Å². The van der Waals surface area contributed by atoms with Crippen LogP contribution in [0.3, 0.4) is 0 Å². The second-order valence-electron chi connectivity index (χ2n) is 8.81. The zero-order chi connectivity index (χ0) is 28.6. The van der Waals surface area contributed by atoms with Crippen LogP contribution in [0.2, 0.25) is 10.0 Å². The van der Waals surface area contributed by atoms with E-state index < -0.39 is 28.5 Å². The van der Waals surface area contributed by atoms with E-state index in [0.717, 1.165) is 16.1 Å². The maximum Gasteiger partial charge on any atom is 0.244 e. The fourth-order valence-electron chi connectivity index (χ4n) is 4.11. The number of ether oxygens (including phenoxy) is 1. The molecule has 3 aromatic carbocycles. The summed E-state index contributed by atoms with van der Waals surface area (Å²) in [4.78, 5) is 28.7. The number of likely N-dealkylation sites (N-methyl/N-ethyl adjacent to an activating group) is 1. The third-order valence-corrected chi connectivity index (χ3v) is 7.86. The van der Waals surface area contributed by atoms with Gasteiger partial charge in [-0.15, -0.1) is 0 Å². The lowest BCUT2D eigenvalue weighted by molar-refractivity contribution is -0.140. The zero-order valence-corrected chi connectivity index (χ0v) is 24.3. The van der Waals surface area contributed by atoms with E-state index in [1.165, 1.54) is 12.0 Å². The summed E-state index contributed by atoms with van der Waals surface area (Å²) in [7, 11) is -2.49. The molecule has 2 amide bonds. The van der Waals surface area contributed by atoms with E-state index in [2.05, 4.69) is 5.32 Å². The minimum absolute atomic E-state index is 0.00607. The summed E-state index contributed by atoms with van der Waals surface area (Å²) in [6, 6.07) is 19.8. The van der Waals surface area contributed by atoms with Crippen LogP contribution in [0.5, 0.6) is 5.75 Å². The summed E-state index contributed by atoms with van der Waals surface area (Å²) in [5, 5.41) is 3.46. The zero-order valence-electron chi connectivity index (χ0n) is 21.9. The number of carbonyl (C=O) groups is 2. The number of methoxy groups -OCH3 is 1. The standard InChI is InChI=1S/C28H31Cl2N3O5S/c1-4-31-28(35)25(17-20-10-6-5-7-11-20)32(18-21-14-15-22(29)23(30)16-21)27(34)19-33(39(3,36)37)24-12-8-9-13-26(24)38-2/h5-16,25H,4,17-19H2,1-3H3,(H,31,35). The molecule has 0 aliphatic rings. The molecule has 1 atom stereocenters. The van der Waals surface area contributed by atoms with Gasteiger partial charge >= 0.3 is 0 Å². The molecule has 0 aromatic heterocycles. The van der Waals surface area contributed by atoms with Gasteiger partial charge in [-0.2, -0.15) is 0 Å². The molecule has 0 bridgehead atoms. The molecule has 0 radical (unpaired) electrons. The molecule has 8 nitrogen and oxygen atoms in total. The Bertz CT molecular complexity index is 1400. The van der Waals surface area contributed by atoms with Crippen molar-refractivity contribution in [2.75, 3.05) is 30.8 Å². The fourth-order valence-corrected chi connectivity index (χ4v) is 5.29. The highest BCUT2D eigenvalue weighted by atomic mass is 35.5. The van der Waals surface area contributed by atoms with Gasteiger partial charge in [0.25, 0.3) is 0 Å². The molecule has 1 N–H and O–H groups in total. The van der Waals surface area contributed by atoms with Crippen molar-refractivity contribution >= 4 is 50.7 Å². The number of nitrogens with one attached hydrogen (secondary N) is 1. The van der Waals surface area contributed by atoms with E-state index in [-0.39, 0.29) is 30.3 Å². The Morgan fingerprint density at radius 3 is 2.23 bits per heavy atom. The van der Waals surface area contributed by atoms with Crippen LogP contribution in [-0.4, -0.2) is 57.6 Å². The van der Waals surface area contributed by atoms with Crippen LogP contribution in [0.15, 0.2) is 72.8 Å². The Balaban J connectivity index is 2.08. The Morgan fingerprint density at radius 2 is 1.62 bits per heavy atom. The first kappa shape index (κ1) is 30.3. The number of para-hydroxylation sites is 2. The van der Waals surface area contributed by atoms with Gasteiger partial charge in [0.15, 0.2) is 0 Å². The van der Waals surface area contributed by atoms with Gasteiger partial charge in [-0.1, -0.05) is 71.7 Å². The van der Waals surface area contributed by atoms with Gasteiger partial charge in [-0.05, 0) is 42.3 Å². The molecule has 0 saturated heterocycles. The first-order valence-corrected chi connectivity index (χ1v) is 14.8. The number of carbonyl (C=O) groups excluding carboxylic acids is 2. The molecule has 11 heteroatoms. The molecule has 3 aromatic rings. The summed E-state index contributed by atoms with van der Waals surface area (Å²) in [6.45, 7) is 1.59. The predicted molar refractivity (Wildman–Crippen MR) is 155 cm³/mol. The van der Waals surface area contributed by atoms with Gasteiger partial charge < -0.3 is 15.0 Å². The molecule has 39 heavy (non-hydrogen) atoms. The Hall–Kier alpha value is -3.27.